The minimum absolute atomic E-state index is 0.0842. The van der Waals surface area contributed by atoms with Crippen molar-refractivity contribution in [3.8, 4) is 0 Å². The molecule has 8 heteroatoms. The van der Waals surface area contributed by atoms with E-state index in [1.54, 1.807) is 30.3 Å². The number of amides is 1. The predicted molar refractivity (Wildman–Crippen MR) is 100 cm³/mol. The molecule has 2 aromatic rings. The molecule has 26 heavy (non-hydrogen) atoms. The maximum Gasteiger partial charge on any atom is 0.246 e. The summed E-state index contributed by atoms with van der Waals surface area (Å²) in [5.74, 6) is -0.141. The highest BCUT2D eigenvalue weighted by molar-refractivity contribution is 7.91. The highest BCUT2D eigenvalue weighted by Crippen LogP contribution is 2.24. The predicted octanol–water partition coefficient (Wildman–Crippen LogP) is 2.55. The standard InChI is InChI=1S/C18H20ClN3O3S/c1-21-13-10-20-18(21)26(24,25)15-8-11-22(12-9-15)17(23)7-6-14-4-2-3-5-16(14)19/h2-7,10,13,15H,8-9,11-12H2,1H3/b7-6+. The molecule has 0 atom stereocenters. The third-order valence-corrected chi connectivity index (χ3v) is 7.13. The van der Waals surface area contributed by atoms with Crippen LogP contribution >= 0.6 is 11.6 Å². The number of carbonyl (C=O) groups is 1. The van der Waals surface area contributed by atoms with Crippen LogP contribution in [-0.4, -0.2) is 47.1 Å². The summed E-state index contributed by atoms with van der Waals surface area (Å²) < 4.78 is 26.9. The van der Waals surface area contributed by atoms with Gasteiger partial charge in [0.15, 0.2) is 0 Å². The van der Waals surface area contributed by atoms with Gasteiger partial charge in [0.05, 0.1) is 5.25 Å². The zero-order valence-corrected chi connectivity index (χ0v) is 15.9. The number of likely N-dealkylation sites (tertiary alicyclic amines) is 1. The van der Waals surface area contributed by atoms with E-state index < -0.39 is 15.1 Å². The van der Waals surface area contributed by atoms with Crippen LogP contribution in [0, 0.1) is 0 Å². The Hall–Kier alpha value is -2.12. The number of aromatic nitrogens is 2. The Morgan fingerprint density at radius 2 is 1.96 bits per heavy atom. The number of sulfone groups is 1. The van der Waals surface area contributed by atoms with Gasteiger partial charge in [-0.25, -0.2) is 13.4 Å². The number of imidazole rings is 1. The molecule has 1 fully saturated rings. The molecule has 0 radical (unpaired) electrons. The van der Waals surface area contributed by atoms with Crippen molar-refractivity contribution in [2.24, 2.45) is 7.05 Å². The van der Waals surface area contributed by atoms with Crippen molar-refractivity contribution in [1.29, 1.82) is 0 Å². The number of aryl methyl sites for hydroxylation is 1. The molecule has 1 aliphatic rings. The molecule has 0 N–H and O–H groups in total. The van der Waals surface area contributed by atoms with Crippen LogP contribution in [0.4, 0.5) is 0 Å². The van der Waals surface area contributed by atoms with E-state index in [1.165, 1.54) is 16.8 Å². The Morgan fingerprint density at radius 3 is 2.58 bits per heavy atom. The molecule has 0 aliphatic carbocycles. The second-order valence-corrected chi connectivity index (χ2v) is 8.77. The number of carbonyl (C=O) groups excluding carboxylic acids is 1. The molecule has 0 saturated carbocycles. The molecule has 3 rings (SSSR count). The Morgan fingerprint density at radius 1 is 1.27 bits per heavy atom. The number of benzene rings is 1. The van der Waals surface area contributed by atoms with Gasteiger partial charge in [-0.1, -0.05) is 29.8 Å². The van der Waals surface area contributed by atoms with Crippen LogP contribution < -0.4 is 0 Å². The van der Waals surface area contributed by atoms with Crippen LogP contribution in [0.5, 0.6) is 0 Å². The van der Waals surface area contributed by atoms with Crippen molar-refractivity contribution in [3.63, 3.8) is 0 Å². The maximum absolute atomic E-state index is 12.7. The van der Waals surface area contributed by atoms with Crippen LogP contribution in [0.25, 0.3) is 6.08 Å². The van der Waals surface area contributed by atoms with E-state index in [-0.39, 0.29) is 11.1 Å². The summed E-state index contributed by atoms with van der Waals surface area (Å²) in [5, 5.41) is 0.150. The van der Waals surface area contributed by atoms with E-state index >= 15 is 0 Å². The van der Waals surface area contributed by atoms with E-state index in [2.05, 4.69) is 4.98 Å². The van der Waals surface area contributed by atoms with Gasteiger partial charge in [0.1, 0.15) is 0 Å². The highest BCUT2D eigenvalue weighted by atomic mass is 35.5. The van der Waals surface area contributed by atoms with Crippen LogP contribution in [0.2, 0.25) is 5.02 Å². The number of hydrogen-bond donors (Lipinski definition) is 0. The largest absolute Gasteiger partial charge is 0.339 e. The normalized spacial score (nSPS) is 16.3. The number of rotatable bonds is 4. The third kappa shape index (κ3) is 3.83. The van der Waals surface area contributed by atoms with Gasteiger partial charge in [-0.3, -0.25) is 4.79 Å². The summed E-state index contributed by atoms with van der Waals surface area (Å²) in [7, 11) is -1.82. The molecule has 0 spiro atoms. The minimum atomic E-state index is -3.48. The van der Waals surface area contributed by atoms with Gasteiger partial charge in [-0.15, -0.1) is 0 Å². The lowest BCUT2D eigenvalue weighted by Gasteiger charge is -2.30. The maximum atomic E-state index is 12.7. The van der Waals surface area contributed by atoms with Gasteiger partial charge < -0.3 is 9.47 Å². The second kappa shape index (κ2) is 7.63. The van der Waals surface area contributed by atoms with Crippen molar-refractivity contribution >= 4 is 33.4 Å². The Kier molecular flexibility index (Phi) is 5.48. The van der Waals surface area contributed by atoms with Crippen LogP contribution in [0.1, 0.15) is 18.4 Å². The summed E-state index contributed by atoms with van der Waals surface area (Å²) >= 11 is 6.07. The summed E-state index contributed by atoms with van der Waals surface area (Å²) in [6.45, 7) is 0.806. The molecule has 2 heterocycles. The zero-order chi connectivity index (χ0) is 18.7. The first-order valence-electron chi connectivity index (χ1n) is 8.32. The molecule has 6 nitrogen and oxygen atoms in total. The number of piperidine rings is 1. The van der Waals surface area contributed by atoms with E-state index in [0.717, 1.165) is 5.56 Å². The van der Waals surface area contributed by atoms with Gasteiger partial charge in [0, 0.05) is 43.6 Å². The van der Waals surface area contributed by atoms with Crippen molar-refractivity contribution in [3.05, 3.63) is 53.3 Å². The molecule has 1 aromatic carbocycles. The third-order valence-electron chi connectivity index (χ3n) is 4.53. The van der Waals surface area contributed by atoms with Crippen molar-refractivity contribution in [2.75, 3.05) is 13.1 Å². The molecule has 1 aromatic heterocycles. The fourth-order valence-electron chi connectivity index (χ4n) is 3.04. The summed E-state index contributed by atoms with van der Waals surface area (Å²) in [5.41, 5.74) is 0.773. The monoisotopic (exact) mass is 393 g/mol. The molecule has 1 amide bonds. The summed E-state index contributed by atoms with van der Waals surface area (Å²) in [4.78, 5) is 18.0. The lowest BCUT2D eigenvalue weighted by molar-refractivity contribution is -0.126. The first kappa shape index (κ1) is 18.7. The molecular weight excluding hydrogens is 374 g/mol. The van der Waals surface area contributed by atoms with Gasteiger partial charge in [0.2, 0.25) is 20.9 Å². The second-order valence-electron chi connectivity index (χ2n) is 6.25. The van der Waals surface area contributed by atoms with Crippen LogP contribution in [0.3, 0.4) is 0 Å². The number of hydrogen-bond acceptors (Lipinski definition) is 4. The Labute approximate surface area is 158 Å². The highest BCUT2D eigenvalue weighted by Gasteiger charge is 2.34. The lowest BCUT2D eigenvalue weighted by atomic mass is 10.1. The van der Waals surface area contributed by atoms with Crippen molar-refractivity contribution < 1.29 is 13.2 Å². The average Bonchev–Trinajstić information content (AvgIpc) is 3.08. The Bertz CT molecular complexity index is 929. The summed E-state index contributed by atoms with van der Waals surface area (Å²) in [6, 6.07) is 7.27. The fraction of sp³-hybridized carbons (Fsp3) is 0.333. The molecule has 1 saturated heterocycles. The van der Waals surface area contributed by atoms with Gasteiger partial charge in [-0.05, 0) is 30.5 Å². The topological polar surface area (TPSA) is 72.3 Å². The van der Waals surface area contributed by atoms with Gasteiger partial charge in [0.25, 0.3) is 0 Å². The first-order valence-corrected chi connectivity index (χ1v) is 10.2. The van der Waals surface area contributed by atoms with Crippen LogP contribution in [-0.2, 0) is 21.7 Å². The minimum Gasteiger partial charge on any atom is -0.339 e. The smallest absolute Gasteiger partial charge is 0.246 e. The molecule has 0 bridgehead atoms. The number of halogens is 1. The molecule has 1 aliphatic heterocycles. The van der Waals surface area contributed by atoms with Gasteiger partial charge in [-0.2, -0.15) is 0 Å². The average molecular weight is 394 g/mol. The van der Waals surface area contributed by atoms with Crippen molar-refractivity contribution in [1.82, 2.24) is 14.5 Å². The zero-order valence-electron chi connectivity index (χ0n) is 14.4. The Balaban J connectivity index is 1.62. The molecule has 0 unspecified atom stereocenters. The van der Waals surface area contributed by atoms with E-state index in [9.17, 15) is 13.2 Å². The van der Waals surface area contributed by atoms with Gasteiger partial charge >= 0.3 is 0 Å². The van der Waals surface area contributed by atoms with Crippen molar-refractivity contribution in [2.45, 2.75) is 23.2 Å². The quantitative estimate of drug-likeness (QED) is 0.748. The fourth-order valence-corrected chi connectivity index (χ4v) is 5.04. The van der Waals surface area contributed by atoms with E-state index in [1.807, 2.05) is 18.2 Å². The SMILES string of the molecule is Cn1ccnc1S(=O)(=O)C1CCN(C(=O)/C=C/c2ccccc2Cl)CC1. The summed E-state index contributed by atoms with van der Waals surface area (Å²) in [6.07, 6.45) is 7.06. The lowest BCUT2D eigenvalue weighted by Crippen LogP contribution is -2.42. The molecular formula is C18H20ClN3O3S. The first-order chi connectivity index (χ1) is 12.4. The van der Waals surface area contributed by atoms with E-state index in [4.69, 9.17) is 11.6 Å². The number of nitrogens with zero attached hydrogens (tertiary/aromatic N) is 3. The molecule has 138 valence electrons. The van der Waals surface area contributed by atoms with E-state index in [0.29, 0.717) is 31.0 Å². The van der Waals surface area contributed by atoms with Crippen LogP contribution in [0.15, 0.2) is 47.9 Å².